The van der Waals surface area contributed by atoms with Crippen molar-refractivity contribution in [2.75, 3.05) is 40.0 Å². The van der Waals surface area contributed by atoms with E-state index in [1.54, 1.807) is 17.3 Å². The molecule has 43 heavy (non-hydrogen) atoms. The van der Waals surface area contributed by atoms with Crippen LogP contribution in [-0.2, 0) is 25.5 Å². The number of nitrogens with zero attached hydrogens (tertiary/aromatic N) is 3. The van der Waals surface area contributed by atoms with E-state index in [2.05, 4.69) is 15.6 Å². The molecule has 1 aliphatic carbocycles. The highest BCUT2D eigenvalue weighted by Gasteiger charge is 2.50. The Morgan fingerprint density at radius 1 is 1.05 bits per heavy atom. The summed E-state index contributed by atoms with van der Waals surface area (Å²) in [5, 5.41) is 5.76. The zero-order valence-electron chi connectivity index (χ0n) is 25.1. The molecule has 0 unspecified atom stereocenters. The molecular formula is C32H43N5O6. The first-order chi connectivity index (χ1) is 20.8. The van der Waals surface area contributed by atoms with Crippen molar-refractivity contribution < 1.29 is 28.7 Å². The van der Waals surface area contributed by atoms with Crippen LogP contribution in [0.1, 0.15) is 62.6 Å². The molecule has 11 heteroatoms. The van der Waals surface area contributed by atoms with Crippen molar-refractivity contribution in [1.29, 1.82) is 0 Å². The molecule has 1 aromatic heterocycles. The molecule has 0 spiro atoms. The fraction of sp³-hybridized carbons (Fsp3) is 0.531. The summed E-state index contributed by atoms with van der Waals surface area (Å²) in [6, 6.07) is 11.6. The number of carbonyl (C=O) groups excluding carboxylic acids is 4. The van der Waals surface area contributed by atoms with Gasteiger partial charge in [0.15, 0.2) is 0 Å². The van der Waals surface area contributed by atoms with E-state index >= 15 is 0 Å². The Labute approximate surface area is 253 Å². The lowest BCUT2D eigenvalue weighted by atomic mass is 9.70. The van der Waals surface area contributed by atoms with Crippen LogP contribution < -0.4 is 10.6 Å². The molecule has 1 saturated heterocycles. The second-order valence-electron chi connectivity index (χ2n) is 11.3. The molecule has 0 radical (unpaired) electrons. The summed E-state index contributed by atoms with van der Waals surface area (Å²) < 4.78 is 10.5. The number of methoxy groups -OCH3 is 1. The zero-order chi connectivity index (χ0) is 30.7. The van der Waals surface area contributed by atoms with E-state index in [4.69, 9.17) is 9.47 Å². The van der Waals surface area contributed by atoms with E-state index < -0.39 is 35.4 Å². The molecule has 1 saturated carbocycles. The van der Waals surface area contributed by atoms with Crippen molar-refractivity contribution in [3.05, 3.63) is 66.0 Å². The number of morpholine rings is 1. The number of hydrogen-bond donors (Lipinski definition) is 2. The first kappa shape index (κ1) is 31.9. The highest BCUT2D eigenvalue weighted by Crippen LogP contribution is 2.43. The van der Waals surface area contributed by atoms with Gasteiger partial charge in [0.2, 0.25) is 5.78 Å². The average Bonchev–Trinajstić information content (AvgIpc) is 3.03. The highest BCUT2D eigenvalue weighted by atomic mass is 16.5. The lowest BCUT2D eigenvalue weighted by Crippen LogP contribution is -2.64. The van der Waals surface area contributed by atoms with Gasteiger partial charge in [0.05, 0.1) is 31.9 Å². The van der Waals surface area contributed by atoms with Crippen LogP contribution in [0.3, 0.4) is 0 Å². The van der Waals surface area contributed by atoms with Crippen LogP contribution in [0, 0.1) is 0 Å². The lowest BCUT2D eigenvalue weighted by molar-refractivity contribution is -0.143. The summed E-state index contributed by atoms with van der Waals surface area (Å²) in [5.41, 5.74) is 1.20. The van der Waals surface area contributed by atoms with Gasteiger partial charge in [0.1, 0.15) is 6.04 Å². The van der Waals surface area contributed by atoms with Crippen LogP contribution in [-0.4, -0.2) is 90.1 Å². The quantitative estimate of drug-likeness (QED) is 0.268. The normalized spacial score (nSPS) is 17.1. The zero-order valence-corrected chi connectivity index (χ0v) is 25.1. The Hall–Kier alpha value is -3.99. The first-order valence-electron chi connectivity index (χ1n) is 15.1. The van der Waals surface area contributed by atoms with Crippen LogP contribution >= 0.6 is 0 Å². The second kappa shape index (κ2) is 15.5. The largest absolute Gasteiger partial charge is 0.453 e. The van der Waals surface area contributed by atoms with Gasteiger partial charge in [-0.05, 0) is 75.1 Å². The van der Waals surface area contributed by atoms with Gasteiger partial charge in [-0.25, -0.2) is 9.59 Å². The number of ketones is 1. The third kappa shape index (κ3) is 8.31. The predicted octanol–water partition coefficient (Wildman–Crippen LogP) is 3.64. The fourth-order valence-electron chi connectivity index (χ4n) is 5.88. The molecule has 11 nitrogen and oxygen atoms in total. The van der Waals surface area contributed by atoms with Crippen LogP contribution in [0.5, 0.6) is 0 Å². The van der Waals surface area contributed by atoms with Gasteiger partial charge >= 0.3 is 12.1 Å². The molecule has 2 fully saturated rings. The van der Waals surface area contributed by atoms with E-state index in [-0.39, 0.29) is 12.5 Å². The minimum absolute atomic E-state index is 0.146. The van der Waals surface area contributed by atoms with E-state index in [9.17, 15) is 19.2 Å². The smallest absolute Gasteiger partial charge is 0.410 e. The SMILES string of the molecule is COC(=O)N([C@@H](CCCCNC(=O)N1CCOCC1)C(=O)C(=O)N[C@H](C)c1ccccc1)C1(Cc2ccncc2)CCC1. The third-order valence-electron chi connectivity index (χ3n) is 8.41. The van der Waals surface area contributed by atoms with Gasteiger partial charge < -0.3 is 25.0 Å². The molecule has 2 atom stereocenters. The number of carbonyl (C=O) groups is 4. The number of aromatic nitrogens is 1. The Balaban J connectivity index is 1.50. The number of nitrogens with one attached hydrogen (secondary N) is 2. The topological polar surface area (TPSA) is 130 Å². The lowest BCUT2D eigenvalue weighted by Gasteiger charge is -2.52. The molecule has 2 N–H and O–H groups in total. The molecule has 2 heterocycles. The summed E-state index contributed by atoms with van der Waals surface area (Å²) in [4.78, 5) is 60.6. The van der Waals surface area contributed by atoms with E-state index in [0.29, 0.717) is 65.0 Å². The number of ether oxygens (including phenoxy) is 2. The summed E-state index contributed by atoms with van der Waals surface area (Å²) in [6.45, 7) is 4.37. The van der Waals surface area contributed by atoms with Crippen molar-refractivity contribution >= 4 is 23.8 Å². The van der Waals surface area contributed by atoms with Gasteiger partial charge in [-0.2, -0.15) is 0 Å². The fourth-order valence-corrected chi connectivity index (χ4v) is 5.88. The van der Waals surface area contributed by atoms with Crippen molar-refractivity contribution in [3.8, 4) is 0 Å². The van der Waals surface area contributed by atoms with Crippen molar-refractivity contribution in [1.82, 2.24) is 25.4 Å². The Morgan fingerprint density at radius 3 is 2.37 bits per heavy atom. The summed E-state index contributed by atoms with van der Waals surface area (Å²) >= 11 is 0. The molecule has 0 bridgehead atoms. The number of urea groups is 1. The third-order valence-corrected chi connectivity index (χ3v) is 8.41. The molecule has 4 amide bonds. The monoisotopic (exact) mass is 593 g/mol. The number of hydrogen-bond acceptors (Lipinski definition) is 7. The molecule has 1 aliphatic heterocycles. The maximum atomic E-state index is 13.9. The Morgan fingerprint density at radius 2 is 1.74 bits per heavy atom. The van der Waals surface area contributed by atoms with Crippen molar-refractivity contribution in [2.24, 2.45) is 0 Å². The van der Waals surface area contributed by atoms with E-state index in [1.165, 1.54) is 12.0 Å². The minimum Gasteiger partial charge on any atom is -0.453 e. The molecule has 1 aromatic carbocycles. The van der Waals surface area contributed by atoms with Crippen LogP contribution in [0.25, 0.3) is 0 Å². The number of Topliss-reactive ketones (excluding diaryl/α,β-unsaturated/α-hetero) is 1. The van der Waals surface area contributed by atoms with Crippen LogP contribution in [0.2, 0.25) is 0 Å². The van der Waals surface area contributed by atoms with E-state index in [0.717, 1.165) is 17.5 Å². The van der Waals surface area contributed by atoms with Crippen molar-refractivity contribution in [2.45, 2.75) is 69.5 Å². The van der Waals surface area contributed by atoms with Gasteiger partial charge in [-0.15, -0.1) is 0 Å². The first-order valence-corrected chi connectivity index (χ1v) is 15.1. The number of amides is 4. The Bertz CT molecular complexity index is 1220. The maximum absolute atomic E-state index is 13.9. The standard InChI is InChI=1S/C32H43N5O6/c1-24(26-9-4-3-5-10-26)35-29(39)28(38)27(11-6-7-16-34-30(40)36-19-21-43-22-20-36)37(31(41)42-2)32(14-8-15-32)23-25-12-17-33-18-13-25/h3-5,9-10,12-13,17-18,24,27H,6-8,11,14-16,19-23H2,1-2H3,(H,34,40)(H,35,39)/t24-,27+/m1/s1. The van der Waals surface area contributed by atoms with Gasteiger partial charge in [-0.1, -0.05) is 30.3 Å². The second-order valence-corrected chi connectivity index (χ2v) is 11.3. The highest BCUT2D eigenvalue weighted by molar-refractivity contribution is 6.38. The van der Waals surface area contributed by atoms with Gasteiger partial charge in [-0.3, -0.25) is 19.5 Å². The summed E-state index contributed by atoms with van der Waals surface area (Å²) in [7, 11) is 1.30. The van der Waals surface area contributed by atoms with Crippen molar-refractivity contribution in [3.63, 3.8) is 0 Å². The molecule has 232 valence electrons. The Kier molecular flexibility index (Phi) is 11.5. The van der Waals surface area contributed by atoms with Crippen LogP contribution in [0.15, 0.2) is 54.9 Å². The van der Waals surface area contributed by atoms with Gasteiger partial charge in [0, 0.05) is 32.0 Å². The molecular weight excluding hydrogens is 550 g/mol. The molecule has 2 aliphatic rings. The maximum Gasteiger partial charge on any atom is 0.410 e. The number of unbranched alkanes of at least 4 members (excludes halogenated alkanes) is 1. The number of benzene rings is 1. The van der Waals surface area contributed by atoms with Gasteiger partial charge in [0.25, 0.3) is 5.91 Å². The van der Waals surface area contributed by atoms with E-state index in [1.807, 2.05) is 49.4 Å². The predicted molar refractivity (Wildman–Crippen MR) is 160 cm³/mol. The number of rotatable bonds is 13. The minimum atomic E-state index is -1.02. The molecule has 4 rings (SSSR count). The summed E-state index contributed by atoms with van der Waals surface area (Å²) in [6.07, 6.45) is 6.92. The number of pyridine rings is 1. The average molecular weight is 594 g/mol. The molecule has 2 aromatic rings. The summed E-state index contributed by atoms with van der Waals surface area (Å²) in [5.74, 6) is -1.42. The van der Waals surface area contributed by atoms with Crippen LogP contribution in [0.4, 0.5) is 9.59 Å².